The number of ether oxygens (including phenoxy) is 1. The predicted octanol–water partition coefficient (Wildman–Crippen LogP) is 4.19. The van der Waals surface area contributed by atoms with Crippen LogP contribution in [0.25, 0.3) is 6.08 Å². The van der Waals surface area contributed by atoms with Gasteiger partial charge in [-0.15, -0.1) is 0 Å². The van der Waals surface area contributed by atoms with Crippen molar-refractivity contribution >= 4 is 6.08 Å². The van der Waals surface area contributed by atoms with Crippen LogP contribution in [0.4, 0.5) is 0 Å². The second-order valence-electron chi connectivity index (χ2n) is 5.69. The van der Waals surface area contributed by atoms with E-state index in [0.29, 0.717) is 6.42 Å². The van der Waals surface area contributed by atoms with Crippen molar-refractivity contribution in [1.82, 2.24) is 0 Å². The monoisotopic (exact) mass is 274 g/mol. The van der Waals surface area contributed by atoms with Crippen LogP contribution in [-0.2, 0) is 4.74 Å². The number of aliphatic hydroxyl groups is 1. The highest BCUT2D eigenvalue weighted by Crippen LogP contribution is 2.24. The summed E-state index contributed by atoms with van der Waals surface area (Å²) < 4.78 is 6.08. The van der Waals surface area contributed by atoms with E-state index in [2.05, 4.69) is 31.2 Å². The Morgan fingerprint density at radius 2 is 2.00 bits per heavy atom. The van der Waals surface area contributed by atoms with Crippen molar-refractivity contribution in [3.05, 3.63) is 42.0 Å². The first-order chi connectivity index (χ1) is 9.78. The summed E-state index contributed by atoms with van der Waals surface area (Å²) in [6.45, 7) is 2.21. The summed E-state index contributed by atoms with van der Waals surface area (Å²) in [6, 6.07) is 10.2. The summed E-state index contributed by atoms with van der Waals surface area (Å²) in [7, 11) is 0. The molecular formula is C18H26O2. The average Bonchev–Trinajstić information content (AvgIpc) is 2.46. The summed E-state index contributed by atoms with van der Waals surface area (Å²) in [5, 5.41) is 9.99. The summed E-state index contributed by atoms with van der Waals surface area (Å²) in [5.74, 6) is 0. The van der Waals surface area contributed by atoms with E-state index in [0.717, 1.165) is 12.8 Å². The fourth-order valence-corrected chi connectivity index (χ4v) is 2.74. The second kappa shape index (κ2) is 8.23. The van der Waals surface area contributed by atoms with Crippen LogP contribution >= 0.6 is 0 Å². The Hall–Kier alpha value is -1.12. The summed E-state index contributed by atoms with van der Waals surface area (Å²) in [6.07, 6.45) is 10.5. The lowest BCUT2D eigenvalue weighted by Gasteiger charge is -2.32. The number of aliphatic hydroxyl groups excluding tert-OH is 1. The first kappa shape index (κ1) is 15.3. The van der Waals surface area contributed by atoms with Gasteiger partial charge in [-0.2, -0.15) is 0 Å². The molecule has 1 aliphatic heterocycles. The first-order valence-corrected chi connectivity index (χ1v) is 7.84. The maximum absolute atomic E-state index is 9.99. The lowest BCUT2D eigenvalue weighted by atomic mass is 9.97. The molecule has 1 aromatic carbocycles. The van der Waals surface area contributed by atoms with E-state index in [1.54, 1.807) is 0 Å². The molecular weight excluding hydrogens is 248 g/mol. The summed E-state index contributed by atoms with van der Waals surface area (Å²) in [4.78, 5) is 0. The molecule has 0 aromatic heterocycles. The molecule has 1 heterocycles. The molecule has 0 aliphatic carbocycles. The first-order valence-electron chi connectivity index (χ1n) is 7.84. The fourth-order valence-electron chi connectivity index (χ4n) is 2.74. The Bertz CT molecular complexity index is 399. The highest BCUT2D eigenvalue weighted by atomic mass is 16.5. The van der Waals surface area contributed by atoms with Crippen molar-refractivity contribution in [1.29, 1.82) is 0 Å². The van der Waals surface area contributed by atoms with Gasteiger partial charge in [0, 0.05) is 6.42 Å². The molecule has 1 aromatic rings. The molecule has 1 aliphatic rings. The van der Waals surface area contributed by atoms with Crippen LogP contribution in [0.3, 0.4) is 0 Å². The number of benzene rings is 1. The van der Waals surface area contributed by atoms with Crippen molar-refractivity contribution in [2.75, 3.05) is 0 Å². The smallest absolute Gasteiger partial charge is 0.0787 e. The van der Waals surface area contributed by atoms with Crippen LogP contribution in [0.2, 0.25) is 0 Å². The van der Waals surface area contributed by atoms with E-state index in [1.807, 2.05) is 18.2 Å². The fraction of sp³-hybridized carbons (Fsp3) is 0.556. The van der Waals surface area contributed by atoms with Crippen LogP contribution in [-0.4, -0.2) is 23.4 Å². The summed E-state index contributed by atoms with van der Waals surface area (Å²) >= 11 is 0. The Morgan fingerprint density at radius 3 is 2.75 bits per heavy atom. The normalized spacial score (nSPS) is 27.0. The topological polar surface area (TPSA) is 29.5 Å². The van der Waals surface area contributed by atoms with Crippen LogP contribution in [0, 0.1) is 0 Å². The van der Waals surface area contributed by atoms with Gasteiger partial charge in [0.25, 0.3) is 0 Å². The van der Waals surface area contributed by atoms with Crippen molar-refractivity contribution in [3.63, 3.8) is 0 Å². The molecule has 3 atom stereocenters. The molecule has 2 heteroatoms. The molecule has 0 spiro atoms. The standard InChI is InChI=1S/C18H26O2/c1-2-3-5-10-17-13-16(19)14-18(20-17)12-11-15-8-6-4-7-9-15/h4,6-9,11-12,16-19H,2-3,5,10,13-14H2,1H3/b12-11+/t16-,17-,18+/m1/s1. The highest BCUT2D eigenvalue weighted by molar-refractivity contribution is 5.49. The number of unbranched alkanes of at least 4 members (excludes halogenated alkanes) is 2. The van der Waals surface area contributed by atoms with Gasteiger partial charge in [-0.25, -0.2) is 0 Å². The Labute approximate surface area is 122 Å². The van der Waals surface area contributed by atoms with E-state index >= 15 is 0 Å². The minimum absolute atomic E-state index is 0.0468. The molecule has 110 valence electrons. The van der Waals surface area contributed by atoms with Crippen molar-refractivity contribution in [2.24, 2.45) is 0 Å². The Balaban J connectivity index is 1.86. The van der Waals surface area contributed by atoms with Crippen LogP contribution in [0.15, 0.2) is 36.4 Å². The predicted molar refractivity (Wildman–Crippen MR) is 83.5 cm³/mol. The molecule has 1 fully saturated rings. The molecule has 1 saturated heterocycles. The highest BCUT2D eigenvalue weighted by Gasteiger charge is 2.26. The van der Waals surface area contributed by atoms with Gasteiger partial charge in [-0.1, -0.05) is 68.7 Å². The van der Waals surface area contributed by atoms with E-state index in [9.17, 15) is 5.11 Å². The lowest BCUT2D eigenvalue weighted by Crippen LogP contribution is -2.34. The molecule has 2 rings (SSSR count). The third-order valence-corrected chi connectivity index (χ3v) is 3.84. The molecule has 0 amide bonds. The van der Waals surface area contributed by atoms with Gasteiger partial charge in [-0.3, -0.25) is 0 Å². The average molecular weight is 274 g/mol. The van der Waals surface area contributed by atoms with Crippen LogP contribution < -0.4 is 0 Å². The molecule has 0 bridgehead atoms. The van der Waals surface area contributed by atoms with Gasteiger partial charge in [0.05, 0.1) is 18.3 Å². The number of hydrogen-bond donors (Lipinski definition) is 1. The van der Waals surface area contributed by atoms with Crippen molar-refractivity contribution in [3.8, 4) is 0 Å². The van der Waals surface area contributed by atoms with Gasteiger partial charge in [0.15, 0.2) is 0 Å². The maximum Gasteiger partial charge on any atom is 0.0787 e. The van der Waals surface area contributed by atoms with Crippen molar-refractivity contribution in [2.45, 2.75) is 63.8 Å². The minimum Gasteiger partial charge on any atom is -0.393 e. The van der Waals surface area contributed by atoms with Gasteiger partial charge in [0.1, 0.15) is 0 Å². The quantitative estimate of drug-likeness (QED) is 0.788. The SMILES string of the molecule is CCCCC[C@@H]1C[C@@H](O)C[C@H](/C=C/c2ccccc2)O1. The van der Waals surface area contributed by atoms with Gasteiger partial charge >= 0.3 is 0 Å². The lowest BCUT2D eigenvalue weighted by molar-refractivity contribution is -0.0787. The van der Waals surface area contributed by atoms with E-state index < -0.39 is 0 Å². The zero-order chi connectivity index (χ0) is 14.2. The zero-order valence-electron chi connectivity index (χ0n) is 12.4. The van der Waals surface area contributed by atoms with Gasteiger partial charge in [-0.05, 0) is 18.4 Å². The van der Waals surface area contributed by atoms with Gasteiger partial charge in [0.2, 0.25) is 0 Å². The van der Waals surface area contributed by atoms with Gasteiger partial charge < -0.3 is 9.84 Å². The van der Waals surface area contributed by atoms with E-state index in [4.69, 9.17) is 4.74 Å². The molecule has 2 nitrogen and oxygen atoms in total. The minimum atomic E-state index is -0.221. The molecule has 0 radical (unpaired) electrons. The Morgan fingerprint density at radius 1 is 1.20 bits per heavy atom. The molecule has 1 N–H and O–H groups in total. The summed E-state index contributed by atoms with van der Waals surface area (Å²) in [5.41, 5.74) is 1.18. The van der Waals surface area contributed by atoms with Crippen molar-refractivity contribution < 1.29 is 9.84 Å². The number of hydrogen-bond acceptors (Lipinski definition) is 2. The van der Waals surface area contributed by atoms with Crippen LogP contribution in [0.5, 0.6) is 0 Å². The molecule has 0 saturated carbocycles. The van der Waals surface area contributed by atoms with Crippen LogP contribution in [0.1, 0.15) is 51.0 Å². The maximum atomic E-state index is 9.99. The molecule has 20 heavy (non-hydrogen) atoms. The zero-order valence-corrected chi connectivity index (χ0v) is 12.4. The third-order valence-electron chi connectivity index (χ3n) is 3.84. The molecule has 0 unspecified atom stereocenters. The number of rotatable bonds is 6. The second-order valence-corrected chi connectivity index (χ2v) is 5.69. The van der Waals surface area contributed by atoms with E-state index in [-0.39, 0.29) is 18.3 Å². The Kier molecular flexibility index (Phi) is 6.28. The largest absolute Gasteiger partial charge is 0.393 e. The third kappa shape index (κ3) is 5.10. The van der Waals surface area contributed by atoms with E-state index in [1.165, 1.54) is 24.8 Å².